The monoisotopic (exact) mass is 265 g/mol. The topological polar surface area (TPSA) is 40.5 Å². The molecule has 0 aliphatic carbocycles. The maximum absolute atomic E-state index is 14.1. The largest absolute Gasteiger partial charge is 0.478 e. The smallest absolute Gasteiger partial charge is 0.338 e. The second kappa shape index (κ2) is 5.70. The third-order valence-electron chi connectivity index (χ3n) is 4.09. The molecule has 1 heterocycles. The Kier molecular flexibility index (Phi) is 4.20. The maximum Gasteiger partial charge on any atom is 0.338 e. The SMILES string of the molecule is CCC1CCC(C)N1Cc1cccc(C(=O)O)c1F. The first-order valence-electron chi connectivity index (χ1n) is 6.81. The molecule has 1 aliphatic rings. The standard InChI is InChI=1S/C15H20FNO2/c1-3-12-8-7-10(2)17(12)9-11-5-4-6-13(14(11)16)15(18)19/h4-6,10,12H,3,7-9H2,1-2H3,(H,18,19). The van der Waals surface area contributed by atoms with E-state index < -0.39 is 11.8 Å². The zero-order valence-electron chi connectivity index (χ0n) is 11.4. The van der Waals surface area contributed by atoms with Crippen LogP contribution in [-0.4, -0.2) is 28.1 Å². The Hall–Kier alpha value is -1.42. The van der Waals surface area contributed by atoms with Gasteiger partial charge < -0.3 is 5.11 Å². The average Bonchev–Trinajstić information content (AvgIpc) is 2.72. The van der Waals surface area contributed by atoms with Crippen LogP contribution in [0.1, 0.15) is 49.0 Å². The van der Waals surface area contributed by atoms with E-state index >= 15 is 0 Å². The van der Waals surface area contributed by atoms with E-state index in [1.165, 1.54) is 6.07 Å². The van der Waals surface area contributed by atoms with Crippen LogP contribution >= 0.6 is 0 Å². The van der Waals surface area contributed by atoms with Gasteiger partial charge in [-0.1, -0.05) is 19.1 Å². The van der Waals surface area contributed by atoms with Gasteiger partial charge in [0, 0.05) is 24.2 Å². The lowest BCUT2D eigenvalue weighted by molar-refractivity contribution is 0.0691. The lowest BCUT2D eigenvalue weighted by Gasteiger charge is -2.28. The average molecular weight is 265 g/mol. The summed E-state index contributed by atoms with van der Waals surface area (Å²) >= 11 is 0. The summed E-state index contributed by atoms with van der Waals surface area (Å²) in [4.78, 5) is 13.2. The Balaban J connectivity index is 2.23. The zero-order valence-corrected chi connectivity index (χ0v) is 11.4. The van der Waals surface area contributed by atoms with E-state index in [2.05, 4.69) is 18.7 Å². The van der Waals surface area contributed by atoms with Gasteiger partial charge in [0.25, 0.3) is 0 Å². The fraction of sp³-hybridized carbons (Fsp3) is 0.533. The summed E-state index contributed by atoms with van der Waals surface area (Å²) in [5.74, 6) is -1.80. The van der Waals surface area contributed by atoms with Gasteiger partial charge in [0.2, 0.25) is 0 Å². The van der Waals surface area contributed by atoms with Crippen molar-refractivity contribution in [3.63, 3.8) is 0 Å². The predicted octanol–water partition coefficient (Wildman–Crippen LogP) is 3.29. The van der Waals surface area contributed by atoms with Crippen molar-refractivity contribution in [3.05, 3.63) is 35.1 Å². The Morgan fingerprint density at radius 3 is 2.84 bits per heavy atom. The molecule has 0 aromatic heterocycles. The molecule has 1 N–H and O–H groups in total. The minimum atomic E-state index is -1.21. The molecular formula is C15H20FNO2. The molecule has 1 aromatic rings. The molecule has 104 valence electrons. The Morgan fingerprint density at radius 2 is 2.21 bits per heavy atom. The number of rotatable bonds is 4. The highest BCUT2D eigenvalue weighted by molar-refractivity contribution is 5.88. The minimum Gasteiger partial charge on any atom is -0.478 e. The van der Waals surface area contributed by atoms with E-state index in [1.54, 1.807) is 12.1 Å². The number of hydrogen-bond donors (Lipinski definition) is 1. The molecule has 2 unspecified atom stereocenters. The highest BCUT2D eigenvalue weighted by Gasteiger charge is 2.30. The number of carboxylic acid groups (broad SMARTS) is 1. The van der Waals surface area contributed by atoms with Gasteiger partial charge in [0.1, 0.15) is 5.82 Å². The van der Waals surface area contributed by atoms with Crippen molar-refractivity contribution in [2.75, 3.05) is 0 Å². The number of halogens is 1. The first-order valence-corrected chi connectivity index (χ1v) is 6.81. The molecule has 0 saturated carbocycles. The van der Waals surface area contributed by atoms with E-state index in [4.69, 9.17) is 5.11 Å². The van der Waals surface area contributed by atoms with Crippen LogP contribution in [-0.2, 0) is 6.54 Å². The summed E-state index contributed by atoms with van der Waals surface area (Å²) in [6.45, 7) is 4.78. The summed E-state index contributed by atoms with van der Waals surface area (Å²) in [5, 5.41) is 8.95. The van der Waals surface area contributed by atoms with Crippen LogP contribution in [0.25, 0.3) is 0 Å². The van der Waals surface area contributed by atoms with Crippen molar-refractivity contribution in [2.45, 2.75) is 51.7 Å². The molecule has 0 bridgehead atoms. The summed E-state index contributed by atoms with van der Waals surface area (Å²) in [6, 6.07) is 5.51. The molecule has 3 nitrogen and oxygen atoms in total. The number of nitrogens with zero attached hydrogens (tertiary/aromatic N) is 1. The molecule has 0 spiro atoms. The van der Waals surface area contributed by atoms with E-state index in [9.17, 15) is 9.18 Å². The van der Waals surface area contributed by atoms with E-state index in [1.807, 2.05) is 0 Å². The molecule has 1 saturated heterocycles. The van der Waals surface area contributed by atoms with Crippen LogP contribution < -0.4 is 0 Å². The normalized spacial score (nSPS) is 23.7. The third kappa shape index (κ3) is 2.78. The fourth-order valence-electron chi connectivity index (χ4n) is 2.91. The van der Waals surface area contributed by atoms with Crippen molar-refractivity contribution in [2.24, 2.45) is 0 Å². The first kappa shape index (κ1) is 14.0. The van der Waals surface area contributed by atoms with E-state index in [0.717, 1.165) is 19.3 Å². The van der Waals surface area contributed by atoms with Crippen LogP contribution in [0, 0.1) is 5.82 Å². The van der Waals surface area contributed by atoms with Gasteiger partial charge >= 0.3 is 5.97 Å². The zero-order chi connectivity index (χ0) is 14.0. The minimum absolute atomic E-state index is 0.239. The summed E-state index contributed by atoms with van der Waals surface area (Å²) in [7, 11) is 0. The molecule has 1 aromatic carbocycles. The van der Waals surface area contributed by atoms with Crippen molar-refractivity contribution < 1.29 is 14.3 Å². The lowest BCUT2D eigenvalue weighted by atomic mass is 10.1. The van der Waals surface area contributed by atoms with Gasteiger partial charge in [-0.05, 0) is 32.3 Å². The van der Waals surface area contributed by atoms with Crippen LogP contribution in [0.2, 0.25) is 0 Å². The number of aromatic carboxylic acids is 1. The summed E-state index contributed by atoms with van der Waals surface area (Å²) in [5.41, 5.74) is 0.240. The molecule has 19 heavy (non-hydrogen) atoms. The van der Waals surface area contributed by atoms with Crippen LogP contribution in [0.4, 0.5) is 4.39 Å². The second-order valence-electron chi connectivity index (χ2n) is 5.24. The fourth-order valence-corrected chi connectivity index (χ4v) is 2.91. The number of carboxylic acids is 1. The lowest BCUT2D eigenvalue weighted by Crippen LogP contribution is -2.34. The van der Waals surface area contributed by atoms with Gasteiger partial charge in [-0.15, -0.1) is 0 Å². The third-order valence-corrected chi connectivity index (χ3v) is 4.09. The number of hydrogen-bond acceptors (Lipinski definition) is 2. The van der Waals surface area contributed by atoms with Crippen LogP contribution in [0.3, 0.4) is 0 Å². The van der Waals surface area contributed by atoms with Crippen molar-refractivity contribution >= 4 is 5.97 Å². The molecule has 4 heteroatoms. The van der Waals surface area contributed by atoms with Gasteiger partial charge in [0.05, 0.1) is 5.56 Å². The molecule has 1 fully saturated rings. The van der Waals surface area contributed by atoms with E-state index in [-0.39, 0.29) is 5.56 Å². The molecule has 0 amide bonds. The summed E-state index contributed by atoms with van der Waals surface area (Å²) in [6.07, 6.45) is 3.31. The van der Waals surface area contributed by atoms with Gasteiger partial charge in [0.15, 0.2) is 0 Å². The highest BCUT2D eigenvalue weighted by atomic mass is 19.1. The Labute approximate surface area is 113 Å². The second-order valence-corrected chi connectivity index (χ2v) is 5.24. The Morgan fingerprint density at radius 1 is 1.47 bits per heavy atom. The van der Waals surface area contributed by atoms with Crippen molar-refractivity contribution in [1.29, 1.82) is 0 Å². The van der Waals surface area contributed by atoms with E-state index in [0.29, 0.717) is 24.2 Å². The molecule has 1 aliphatic heterocycles. The van der Waals surface area contributed by atoms with Crippen LogP contribution in [0.5, 0.6) is 0 Å². The highest BCUT2D eigenvalue weighted by Crippen LogP contribution is 2.28. The predicted molar refractivity (Wildman–Crippen MR) is 71.7 cm³/mol. The Bertz CT molecular complexity index is 475. The summed E-state index contributed by atoms with van der Waals surface area (Å²) < 4.78 is 14.1. The van der Waals surface area contributed by atoms with Gasteiger partial charge in [-0.2, -0.15) is 0 Å². The van der Waals surface area contributed by atoms with Crippen molar-refractivity contribution in [1.82, 2.24) is 4.90 Å². The number of likely N-dealkylation sites (tertiary alicyclic amines) is 1. The van der Waals surface area contributed by atoms with Gasteiger partial charge in [-0.25, -0.2) is 9.18 Å². The molecule has 0 radical (unpaired) electrons. The van der Waals surface area contributed by atoms with Crippen LogP contribution in [0.15, 0.2) is 18.2 Å². The number of benzene rings is 1. The molecular weight excluding hydrogens is 245 g/mol. The van der Waals surface area contributed by atoms with Gasteiger partial charge in [-0.3, -0.25) is 4.90 Å². The van der Waals surface area contributed by atoms with Crippen molar-refractivity contribution in [3.8, 4) is 0 Å². The quantitative estimate of drug-likeness (QED) is 0.908. The first-order chi connectivity index (χ1) is 9.04. The maximum atomic E-state index is 14.1. The number of carbonyl (C=O) groups is 1. The molecule has 2 atom stereocenters. The molecule has 2 rings (SSSR count).